The van der Waals surface area contributed by atoms with Crippen LogP contribution >= 0.6 is 0 Å². The molecule has 1 saturated heterocycles. The third-order valence-corrected chi connectivity index (χ3v) is 5.70. The zero-order valence-electron chi connectivity index (χ0n) is 14.7. The zero-order valence-corrected chi connectivity index (χ0v) is 14.7. The van der Waals surface area contributed by atoms with Crippen molar-refractivity contribution in [1.29, 1.82) is 0 Å². The van der Waals surface area contributed by atoms with E-state index in [1.165, 1.54) is 0 Å². The van der Waals surface area contributed by atoms with Gasteiger partial charge in [0.05, 0.1) is 6.04 Å². The molecule has 0 amide bonds. The van der Waals surface area contributed by atoms with E-state index in [4.69, 9.17) is 0 Å². The van der Waals surface area contributed by atoms with Crippen molar-refractivity contribution in [3.8, 4) is 0 Å². The normalized spacial score (nSPS) is 29.1. The van der Waals surface area contributed by atoms with Crippen LogP contribution in [0.4, 0.5) is 0 Å². The molecule has 4 heteroatoms. The Bertz CT molecular complexity index is 665. The van der Waals surface area contributed by atoms with E-state index in [9.17, 15) is 15.1 Å². The number of carboxylic acids is 1. The number of hydrogen-bond donors (Lipinski definition) is 1. The summed E-state index contributed by atoms with van der Waals surface area (Å²) in [6, 6.07) is 9.21. The van der Waals surface area contributed by atoms with Crippen molar-refractivity contribution in [2.45, 2.75) is 64.5 Å². The van der Waals surface area contributed by atoms with Gasteiger partial charge in [-0.05, 0) is 56.2 Å². The Balaban J connectivity index is 2.03. The predicted octanol–water partition coefficient (Wildman–Crippen LogP) is 4.30. The van der Waals surface area contributed by atoms with Gasteiger partial charge in [-0.3, -0.25) is 4.79 Å². The summed E-state index contributed by atoms with van der Waals surface area (Å²) in [6.07, 6.45) is 4.10. The maximum absolute atomic E-state index is 12.8. The highest BCUT2D eigenvalue weighted by Crippen LogP contribution is 2.66. The van der Waals surface area contributed by atoms with Crippen LogP contribution < -0.4 is 0 Å². The minimum absolute atomic E-state index is 0.493. The topological polar surface area (TPSA) is 60.4 Å². The summed E-state index contributed by atoms with van der Waals surface area (Å²) < 4.78 is 0. The standard InChI is InChI=1S/C20H26NO3/c1-4-5-11-15-17(14-9-7-6-8-10-14)20(15,18(22)23)16-12-13-19(2,3)21(16)24/h6-10,16H,4-5,11-13H2,1-3H3,(H,22,23). The van der Waals surface area contributed by atoms with Gasteiger partial charge in [0.2, 0.25) is 0 Å². The van der Waals surface area contributed by atoms with Crippen molar-refractivity contribution in [1.82, 2.24) is 5.06 Å². The van der Waals surface area contributed by atoms with Crippen LogP contribution in [0.15, 0.2) is 35.9 Å². The summed E-state index contributed by atoms with van der Waals surface area (Å²) in [5.41, 5.74) is 1.21. The van der Waals surface area contributed by atoms with Crippen LogP contribution in [0.25, 0.3) is 5.57 Å². The summed E-state index contributed by atoms with van der Waals surface area (Å²) >= 11 is 0. The van der Waals surface area contributed by atoms with E-state index >= 15 is 0 Å². The molecule has 1 heterocycles. The quantitative estimate of drug-likeness (QED) is 0.847. The Hall–Kier alpha value is -1.65. The first kappa shape index (κ1) is 17.2. The first-order valence-corrected chi connectivity index (χ1v) is 8.86. The van der Waals surface area contributed by atoms with Crippen LogP contribution in [0.3, 0.4) is 0 Å². The minimum Gasteiger partial charge on any atom is -0.480 e. The Kier molecular flexibility index (Phi) is 4.30. The number of hydrogen-bond acceptors (Lipinski definition) is 2. The van der Waals surface area contributed by atoms with E-state index in [0.717, 1.165) is 47.5 Å². The average molecular weight is 328 g/mol. The van der Waals surface area contributed by atoms with Crippen LogP contribution in [0.1, 0.15) is 58.4 Å². The Morgan fingerprint density at radius 1 is 1.29 bits per heavy atom. The van der Waals surface area contributed by atoms with Gasteiger partial charge in [0.25, 0.3) is 0 Å². The lowest BCUT2D eigenvalue weighted by atomic mass is 9.84. The van der Waals surface area contributed by atoms with Crippen LogP contribution in [0.2, 0.25) is 0 Å². The van der Waals surface area contributed by atoms with Crippen LogP contribution in [-0.2, 0) is 10.0 Å². The smallest absolute Gasteiger partial charge is 0.320 e. The number of nitrogens with zero attached hydrogens (tertiary/aromatic N) is 1. The lowest BCUT2D eigenvalue weighted by Crippen LogP contribution is -2.47. The molecule has 0 spiro atoms. The highest BCUT2D eigenvalue weighted by Gasteiger charge is 2.67. The molecule has 0 bridgehead atoms. The molecule has 24 heavy (non-hydrogen) atoms. The molecule has 0 saturated carbocycles. The van der Waals surface area contributed by atoms with Crippen molar-refractivity contribution in [2.75, 3.05) is 0 Å². The maximum atomic E-state index is 12.8. The van der Waals surface area contributed by atoms with Gasteiger partial charge in [-0.15, -0.1) is 10.3 Å². The number of aliphatic carboxylic acids is 1. The van der Waals surface area contributed by atoms with Gasteiger partial charge in [-0.1, -0.05) is 43.7 Å². The van der Waals surface area contributed by atoms with Crippen molar-refractivity contribution >= 4 is 11.5 Å². The molecular formula is C20H26NO3. The van der Waals surface area contributed by atoms with E-state index in [-0.39, 0.29) is 0 Å². The molecule has 2 unspecified atom stereocenters. The van der Waals surface area contributed by atoms with E-state index < -0.39 is 23.0 Å². The fraction of sp³-hybridized carbons (Fsp3) is 0.550. The van der Waals surface area contributed by atoms with Gasteiger partial charge < -0.3 is 5.11 Å². The summed E-state index contributed by atoms with van der Waals surface area (Å²) in [4.78, 5) is 12.4. The van der Waals surface area contributed by atoms with Crippen LogP contribution in [0, 0.1) is 5.41 Å². The molecule has 1 aromatic rings. The highest BCUT2D eigenvalue weighted by atomic mass is 16.5. The number of hydroxylamine groups is 2. The monoisotopic (exact) mass is 328 g/mol. The van der Waals surface area contributed by atoms with Crippen molar-refractivity contribution in [2.24, 2.45) is 5.41 Å². The number of carbonyl (C=O) groups is 1. The first-order chi connectivity index (χ1) is 11.4. The molecule has 1 aliphatic heterocycles. The second-order valence-corrected chi connectivity index (χ2v) is 7.63. The molecule has 129 valence electrons. The predicted molar refractivity (Wildman–Crippen MR) is 92.6 cm³/mol. The molecule has 1 N–H and O–H groups in total. The second kappa shape index (κ2) is 6.01. The zero-order chi connectivity index (χ0) is 17.5. The number of carboxylic acid groups (broad SMARTS) is 1. The lowest BCUT2D eigenvalue weighted by molar-refractivity contribution is -0.231. The number of rotatable bonds is 6. The summed E-state index contributed by atoms with van der Waals surface area (Å²) in [5.74, 6) is -0.865. The fourth-order valence-electron chi connectivity index (χ4n) is 4.31. The van der Waals surface area contributed by atoms with E-state index in [2.05, 4.69) is 6.92 Å². The van der Waals surface area contributed by atoms with Gasteiger partial charge in [0.15, 0.2) is 0 Å². The summed E-state index contributed by atoms with van der Waals surface area (Å²) in [5, 5.41) is 24.0. The third kappa shape index (κ3) is 2.40. The van der Waals surface area contributed by atoms with Crippen LogP contribution in [0.5, 0.6) is 0 Å². The van der Waals surface area contributed by atoms with Crippen LogP contribution in [-0.4, -0.2) is 27.7 Å². The Morgan fingerprint density at radius 3 is 2.46 bits per heavy atom. The molecule has 1 aromatic carbocycles. The molecule has 1 fully saturated rings. The summed E-state index contributed by atoms with van der Waals surface area (Å²) in [7, 11) is 0. The highest BCUT2D eigenvalue weighted by molar-refractivity contribution is 6.09. The molecule has 0 aromatic heterocycles. The Morgan fingerprint density at radius 2 is 1.96 bits per heavy atom. The molecule has 2 aliphatic rings. The molecular weight excluding hydrogens is 302 g/mol. The van der Waals surface area contributed by atoms with Crippen molar-refractivity contribution in [3.63, 3.8) is 0 Å². The van der Waals surface area contributed by atoms with Crippen molar-refractivity contribution < 1.29 is 15.1 Å². The molecule has 1 aliphatic carbocycles. The molecule has 3 rings (SSSR count). The number of benzene rings is 1. The van der Waals surface area contributed by atoms with Gasteiger partial charge in [-0.25, -0.2) is 0 Å². The van der Waals surface area contributed by atoms with Gasteiger partial charge in [-0.2, -0.15) is 0 Å². The first-order valence-electron chi connectivity index (χ1n) is 8.86. The lowest BCUT2D eigenvalue weighted by Gasteiger charge is -2.32. The van der Waals surface area contributed by atoms with E-state index in [0.29, 0.717) is 6.42 Å². The van der Waals surface area contributed by atoms with Crippen molar-refractivity contribution in [3.05, 3.63) is 41.5 Å². The molecule has 2 atom stereocenters. The second-order valence-electron chi connectivity index (χ2n) is 7.63. The fourth-order valence-corrected chi connectivity index (χ4v) is 4.31. The third-order valence-electron chi connectivity index (χ3n) is 5.70. The largest absolute Gasteiger partial charge is 0.480 e. The van der Waals surface area contributed by atoms with Gasteiger partial charge in [0.1, 0.15) is 5.41 Å². The number of unbranched alkanes of at least 4 members (excludes halogenated alkanes) is 1. The molecule has 1 radical (unpaired) electrons. The van der Waals surface area contributed by atoms with Gasteiger partial charge in [0, 0.05) is 5.54 Å². The molecule has 4 nitrogen and oxygen atoms in total. The van der Waals surface area contributed by atoms with Gasteiger partial charge >= 0.3 is 5.97 Å². The van der Waals surface area contributed by atoms with E-state index in [1.807, 2.05) is 44.2 Å². The maximum Gasteiger partial charge on any atom is 0.320 e. The Labute approximate surface area is 143 Å². The average Bonchev–Trinajstić information content (AvgIpc) is 3.15. The van der Waals surface area contributed by atoms with E-state index in [1.54, 1.807) is 0 Å². The SMILES string of the molecule is CCCCC1=C(c2ccccc2)C1(C(=O)O)C1CCC(C)(C)N1[O]. The minimum atomic E-state index is -1.09. The summed E-state index contributed by atoms with van der Waals surface area (Å²) in [6.45, 7) is 5.92.